The molecule has 3 fully saturated rings. The predicted molar refractivity (Wildman–Crippen MR) is 180 cm³/mol. The first-order valence-corrected chi connectivity index (χ1v) is 17.8. The Kier molecular flexibility index (Phi) is 13.5. The molecule has 3 heterocycles. The highest BCUT2D eigenvalue weighted by atomic mass is 16.2. The van der Waals surface area contributed by atoms with E-state index in [2.05, 4.69) is 24.1 Å². The van der Waals surface area contributed by atoms with Gasteiger partial charge in [0, 0.05) is 38.3 Å². The molecule has 3 aliphatic rings. The normalized spacial score (nSPS) is 23.8. The van der Waals surface area contributed by atoms with E-state index in [1.54, 1.807) is 23.8 Å². The van der Waals surface area contributed by atoms with Crippen molar-refractivity contribution in [3.63, 3.8) is 0 Å². The largest absolute Gasteiger partial charge is 0.342 e. The first kappa shape index (κ1) is 37.0. The third kappa shape index (κ3) is 9.55. The van der Waals surface area contributed by atoms with Gasteiger partial charge in [-0.3, -0.25) is 24.1 Å². The quantitative estimate of drug-likeness (QED) is 0.363. The minimum atomic E-state index is -0.713. The van der Waals surface area contributed by atoms with Crippen molar-refractivity contribution < 1.29 is 19.2 Å². The number of amides is 4. The van der Waals surface area contributed by atoms with Gasteiger partial charge in [-0.05, 0) is 77.2 Å². The van der Waals surface area contributed by atoms with Crippen molar-refractivity contribution in [2.75, 3.05) is 33.2 Å². The molecule has 0 saturated carbocycles. The third-order valence-corrected chi connectivity index (χ3v) is 10.1. The smallest absolute Gasteiger partial charge is 0.249 e. The fourth-order valence-corrected chi connectivity index (χ4v) is 7.34. The number of rotatable bonds is 9. The van der Waals surface area contributed by atoms with Crippen LogP contribution in [-0.4, -0.2) is 107 Å². The van der Waals surface area contributed by atoms with Crippen LogP contribution in [-0.2, 0) is 19.2 Å². The second-order valence-electron chi connectivity index (χ2n) is 15.4. The monoisotopic (exact) mass is 629 g/mol. The van der Waals surface area contributed by atoms with E-state index in [-0.39, 0.29) is 47.7 Å². The summed E-state index contributed by atoms with van der Waals surface area (Å²) in [6, 6.07) is -1.46. The Morgan fingerprint density at radius 1 is 0.800 bits per heavy atom. The summed E-state index contributed by atoms with van der Waals surface area (Å²) in [6.07, 6.45) is 11.9. The van der Waals surface area contributed by atoms with E-state index in [1.165, 1.54) is 6.42 Å². The molecule has 0 aromatic rings. The molecule has 3 rings (SSSR count). The molecule has 0 aromatic heterocycles. The average molecular weight is 630 g/mol. The first-order valence-electron chi connectivity index (χ1n) is 17.8. The number of likely N-dealkylation sites (N-methyl/N-ethyl adjacent to an activating group) is 1. The summed E-state index contributed by atoms with van der Waals surface area (Å²) in [5.74, 6) is -0.260. The Hall–Kier alpha value is -2.42. The molecule has 0 bridgehead atoms. The summed E-state index contributed by atoms with van der Waals surface area (Å²) >= 11 is 0. The number of carbonyl (C=O) groups excluding carboxylic acids is 4. The Balaban J connectivity index is 1.77. The lowest BCUT2D eigenvalue weighted by molar-refractivity contribution is -0.142. The topological polar surface area (TPSA) is 93.3 Å². The molecule has 4 atom stereocenters. The van der Waals surface area contributed by atoms with E-state index in [1.807, 2.05) is 45.6 Å². The highest BCUT2D eigenvalue weighted by Crippen LogP contribution is 2.27. The van der Waals surface area contributed by atoms with Gasteiger partial charge in [-0.1, -0.05) is 66.4 Å². The summed E-state index contributed by atoms with van der Waals surface area (Å²) in [6.45, 7) is 19.1. The van der Waals surface area contributed by atoms with Crippen molar-refractivity contribution in [2.24, 2.45) is 11.3 Å². The molecule has 45 heavy (non-hydrogen) atoms. The molecule has 0 spiro atoms. The number of likely N-dealkylation sites (tertiary alicyclic amines) is 3. The molecule has 0 aromatic carbocycles. The molecule has 0 aliphatic carbocycles. The first-order chi connectivity index (χ1) is 21.1. The Morgan fingerprint density at radius 2 is 1.38 bits per heavy atom. The van der Waals surface area contributed by atoms with Crippen LogP contribution in [0.2, 0.25) is 0 Å². The summed E-state index contributed by atoms with van der Waals surface area (Å²) in [5.41, 5.74) is 0.0380. The van der Waals surface area contributed by atoms with E-state index < -0.39 is 17.5 Å². The van der Waals surface area contributed by atoms with Crippen LogP contribution >= 0.6 is 0 Å². The van der Waals surface area contributed by atoms with Gasteiger partial charge in [0.1, 0.15) is 12.1 Å². The molecule has 1 N–H and O–H groups in total. The summed E-state index contributed by atoms with van der Waals surface area (Å²) in [7, 11) is 1.78. The zero-order chi connectivity index (χ0) is 33.5. The van der Waals surface area contributed by atoms with Crippen LogP contribution in [0.3, 0.4) is 0 Å². The predicted octanol–water partition coefficient (Wildman–Crippen LogP) is 4.99. The summed E-state index contributed by atoms with van der Waals surface area (Å²) < 4.78 is 0. The van der Waals surface area contributed by atoms with Crippen LogP contribution in [0, 0.1) is 11.3 Å². The highest BCUT2D eigenvalue weighted by Gasteiger charge is 2.41. The third-order valence-electron chi connectivity index (χ3n) is 10.1. The molecule has 3 aliphatic heterocycles. The lowest BCUT2D eigenvalue weighted by Gasteiger charge is -2.41. The highest BCUT2D eigenvalue weighted by molar-refractivity contribution is 5.97. The number of nitrogens with zero attached hydrogens (tertiary/aromatic N) is 4. The van der Waals surface area contributed by atoms with Gasteiger partial charge in [0.05, 0.1) is 12.1 Å². The van der Waals surface area contributed by atoms with E-state index in [9.17, 15) is 19.2 Å². The van der Waals surface area contributed by atoms with Gasteiger partial charge in [-0.25, -0.2) is 0 Å². The number of piperidine rings is 1. The SMILES string of the molecule is CC(=CC(C(C)C)N(C)C(=O)[C@@H](NC(=O)[C@H]1CCCCN1C(C)C)C(C)(C)C)C(=O)N1CCC[C@H]1C(=O)N1CCCCCCC1. The maximum Gasteiger partial charge on any atom is 0.249 e. The molecule has 9 heteroatoms. The molecular formula is C36H63N5O4. The zero-order valence-electron chi connectivity index (χ0n) is 29.9. The van der Waals surface area contributed by atoms with E-state index in [0.29, 0.717) is 18.5 Å². The van der Waals surface area contributed by atoms with Crippen molar-refractivity contribution in [2.45, 2.75) is 150 Å². The standard InChI is InChI=1S/C36H63N5O4/c1-25(2)30(24-27(5)33(43)41-23-17-19-29(41)34(44)39-20-14-11-10-12-15-21-39)38(9)35(45)31(36(6,7)8)37-32(42)28-18-13-16-22-40(28)26(3)4/h24-26,28-31H,10-23H2,1-9H3,(H,37,42)/t28-,29+,30?,31-/m1/s1. The Morgan fingerprint density at radius 3 is 1.96 bits per heavy atom. The van der Waals surface area contributed by atoms with Crippen LogP contribution in [0.1, 0.15) is 120 Å². The maximum absolute atomic E-state index is 14.2. The van der Waals surface area contributed by atoms with Crippen molar-refractivity contribution in [1.29, 1.82) is 0 Å². The second-order valence-corrected chi connectivity index (χ2v) is 15.4. The van der Waals surface area contributed by atoms with Crippen molar-refractivity contribution >= 4 is 23.6 Å². The molecule has 9 nitrogen and oxygen atoms in total. The maximum atomic E-state index is 14.2. The minimum absolute atomic E-state index is 0.0323. The molecule has 256 valence electrons. The van der Waals surface area contributed by atoms with E-state index in [0.717, 1.165) is 71.0 Å². The summed E-state index contributed by atoms with van der Waals surface area (Å²) in [5, 5.41) is 3.15. The number of hydrogen-bond donors (Lipinski definition) is 1. The Labute approximate surface area is 273 Å². The van der Waals surface area contributed by atoms with Gasteiger partial charge in [0.15, 0.2) is 0 Å². The van der Waals surface area contributed by atoms with Crippen LogP contribution in [0.25, 0.3) is 0 Å². The molecule has 3 saturated heterocycles. The van der Waals surface area contributed by atoms with E-state index in [4.69, 9.17) is 0 Å². The zero-order valence-corrected chi connectivity index (χ0v) is 29.9. The van der Waals surface area contributed by atoms with Crippen molar-refractivity contribution in [3.05, 3.63) is 11.6 Å². The van der Waals surface area contributed by atoms with Crippen LogP contribution in [0.4, 0.5) is 0 Å². The summed E-state index contributed by atoms with van der Waals surface area (Å²) in [4.78, 5) is 62.9. The fraction of sp³-hybridized carbons (Fsp3) is 0.833. The van der Waals surface area contributed by atoms with Crippen LogP contribution < -0.4 is 5.32 Å². The fourth-order valence-electron chi connectivity index (χ4n) is 7.34. The van der Waals surface area contributed by atoms with Gasteiger partial charge in [0.2, 0.25) is 23.6 Å². The number of nitrogens with one attached hydrogen (secondary N) is 1. The van der Waals surface area contributed by atoms with Crippen molar-refractivity contribution in [1.82, 2.24) is 24.9 Å². The molecule has 1 unspecified atom stereocenters. The molecular weight excluding hydrogens is 566 g/mol. The van der Waals surface area contributed by atoms with Gasteiger partial charge in [-0.2, -0.15) is 0 Å². The lowest BCUT2D eigenvalue weighted by atomic mass is 9.84. The second kappa shape index (κ2) is 16.4. The Bertz CT molecular complexity index is 1060. The van der Waals surface area contributed by atoms with Gasteiger partial charge < -0.3 is 20.0 Å². The average Bonchev–Trinajstić information content (AvgIpc) is 3.46. The van der Waals surface area contributed by atoms with Gasteiger partial charge in [-0.15, -0.1) is 0 Å². The van der Waals surface area contributed by atoms with Crippen LogP contribution in [0.15, 0.2) is 11.6 Å². The van der Waals surface area contributed by atoms with Gasteiger partial charge in [0.25, 0.3) is 0 Å². The molecule has 0 radical (unpaired) electrons. The van der Waals surface area contributed by atoms with Crippen LogP contribution in [0.5, 0.6) is 0 Å². The minimum Gasteiger partial charge on any atom is -0.342 e. The van der Waals surface area contributed by atoms with E-state index >= 15 is 0 Å². The van der Waals surface area contributed by atoms with Gasteiger partial charge >= 0.3 is 0 Å². The molecule has 4 amide bonds. The number of carbonyl (C=O) groups is 4. The number of hydrogen-bond acceptors (Lipinski definition) is 5. The lowest BCUT2D eigenvalue weighted by Crippen LogP contribution is -2.60. The van der Waals surface area contributed by atoms with Crippen molar-refractivity contribution in [3.8, 4) is 0 Å².